The molecule has 0 aromatic heterocycles. The molecule has 1 saturated heterocycles. The molecule has 1 heterocycles. The Hall–Kier alpha value is -1.59. The number of carbonyl (C=O) groups is 1. The van der Waals surface area contributed by atoms with Crippen molar-refractivity contribution in [1.82, 2.24) is 9.80 Å². The Morgan fingerprint density at radius 2 is 2.04 bits per heavy atom. The average molecular weight is 331 g/mol. The minimum absolute atomic E-state index is 0.134. The van der Waals surface area contributed by atoms with E-state index < -0.39 is 0 Å². The first-order chi connectivity index (χ1) is 11.5. The maximum atomic E-state index is 12.8. The predicted octanol–water partition coefficient (Wildman–Crippen LogP) is 1.60. The van der Waals surface area contributed by atoms with Crippen LogP contribution in [-0.2, 0) is 0 Å². The van der Waals surface area contributed by atoms with E-state index in [9.17, 15) is 4.79 Å². The molecule has 24 heavy (non-hydrogen) atoms. The van der Waals surface area contributed by atoms with Gasteiger partial charge in [0.15, 0.2) is 0 Å². The molecule has 1 unspecified atom stereocenters. The number of hydrogen-bond donors (Lipinski definition) is 1. The number of likely N-dealkylation sites (tertiary alicyclic amines) is 1. The number of hydrogen-bond acceptors (Lipinski definition) is 4. The molecule has 1 saturated carbocycles. The van der Waals surface area contributed by atoms with Gasteiger partial charge in [0.05, 0.1) is 6.61 Å². The minimum Gasteiger partial charge on any atom is -0.493 e. The molecule has 2 aliphatic rings. The number of carbonyl (C=O) groups excluding carboxylic acids is 1. The molecule has 0 radical (unpaired) electrons. The zero-order valence-electron chi connectivity index (χ0n) is 15.0. The van der Waals surface area contributed by atoms with Crippen molar-refractivity contribution in [1.29, 1.82) is 0 Å². The van der Waals surface area contributed by atoms with Crippen LogP contribution >= 0.6 is 0 Å². The molecule has 5 nitrogen and oxygen atoms in total. The van der Waals surface area contributed by atoms with Crippen molar-refractivity contribution in [3.63, 3.8) is 0 Å². The van der Waals surface area contributed by atoms with Gasteiger partial charge in [-0.15, -0.1) is 0 Å². The zero-order valence-corrected chi connectivity index (χ0v) is 15.0. The lowest BCUT2D eigenvalue weighted by Gasteiger charge is -2.21. The van der Waals surface area contributed by atoms with Crippen molar-refractivity contribution in [3.8, 4) is 5.75 Å². The van der Waals surface area contributed by atoms with Crippen LogP contribution in [0.4, 0.5) is 0 Å². The van der Waals surface area contributed by atoms with E-state index in [1.165, 1.54) is 0 Å². The Balaban J connectivity index is 1.59. The van der Waals surface area contributed by atoms with Crippen molar-refractivity contribution < 1.29 is 9.53 Å². The van der Waals surface area contributed by atoms with E-state index in [1.54, 1.807) is 0 Å². The van der Waals surface area contributed by atoms with Gasteiger partial charge in [0.2, 0.25) is 0 Å². The summed E-state index contributed by atoms with van der Waals surface area (Å²) in [4.78, 5) is 17.0. The fraction of sp³-hybridized carbons (Fsp3) is 0.632. The summed E-state index contributed by atoms with van der Waals surface area (Å²) in [5.41, 5.74) is 7.29. The third-order valence-corrected chi connectivity index (χ3v) is 5.28. The lowest BCUT2D eigenvalue weighted by Crippen LogP contribution is -2.33. The third-order valence-electron chi connectivity index (χ3n) is 5.28. The number of amides is 1. The maximum Gasteiger partial charge on any atom is 0.254 e. The van der Waals surface area contributed by atoms with Crippen LogP contribution in [0.5, 0.6) is 5.75 Å². The van der Waals surface area contributed by atoms with Gasteiger partial charge < -0.3 is 20.3 Å². The number of rotatable bonds is 7. The van der Waals surface area contributed by atoms with Crippen molar-refractivity contribution in [2.24, 2.45) is 23.5 Å². The monoisotopic (exact) mass is 331 g/mol. The van der Waals surface area contributed by atoms with Crippen molar-refractivity contribution in [2.45, 2.75) is 13.3 Å². The van der Waals surface area contributed by atoms with E-state index in [2.05, 4.69) is 19.0 Å². The van der Waals surface area contributed by atoms with Crippen LogP contribution in [-0.4, -0.2) is 62.6 Å². The van der Waals surface area contributed by atoms with E-state index in [0.29, 0.717) is 25.0 Å². The van der Waals surface area contributed by atoms with Crippen molar-refractivity contribution in [2.75, 3.05) is 46.9 Å². The fourth-order valence-corrected chi connectivity index (χ4v) is 3.84. The topological polar surface area (TPSA) is 58.8 Å². The molecule has 5 heteroatoms. The summed E-state index contributed by atoms with van der Waals surface area (Å²) in [6.45, 7) is 6.15. The second-order valence-corrected chi connectivity index (χ2v) is 7.43. The van der Waals surface area contributed by atoms with Crippen LogP contribution in [0.15, 0.2) is 18.2 Å². The number of fused-ring (bicyclic) bond motifs is 1. The van der Waals surface area contributed by atoms with Crippen LogP contribution in [0.25, 0.3) is 0 Å². The van der Waals surface area contributed by atoms with E-state index in [-0.39, 0.29) is 5.91 Å². The number of ether oxygens (including phenoxy) is 1. The minimum atomic E-state index is 0.134. The summed E-state index contributed by atoms with van der Waals surface area (Å²) in [7, 11) is 4.24. The predicted molar refractivity (Wildman–Crippen MR) is 95.3 cm³/mol. The molecule has 1 aromatic rings. The largest absolute Gasteiger partial charge is 0.493 e. The van der Waals surface area contributed by atoms with Gasteiger partial charge in [-0.05, 0) is 69.4 Å². The highest BCUT2D eigenvalue weighted by atomic mass is 16.5. The molecule has 0 spiro atoms. The highest BCUT2D eigenvalue weighted by molar-refractivity contribution is 5.95. The van der Waals surface area contributed by atoms with E-state index in [1.807, 2.05) is 30.0 Å². The Labute approximate surface area is 144 Å². The van der Waals surface area contributed by atoms with Crippen molar-refractivity contribution in [3.05, 3.63) is 29.3 Å². The number of benzene rings is 1. The van der Waals surface area contributed by atoms with E-state index in [4.69, 9.17) is 10.5 Å². The molecular weight excluding hydrogens is 302 g/mol. The summed E-state index contributed by atoms with van der Waals surface area (Å²) in [6.07, 6.45) is 0.820. The molecule has 1 aliphatic carbocycles. The molecule has 1 aliphatic heterocycles. The van der Waals surface area contributed by atoms with Crippen LogP contribution in [0.1, 0.15) is 22.3 Å². The third kappa shape index (κ3) is 3.57. The lowest BCUT2D eigenvalue weighted by molar-refractivity contribution is 0.0765. The second-order valence-electron chi connectivity index (χ2n) is 7.43. The SMILES string of the molecule is Cc1ccc(C(=O)N2C[C@@H]3C(CN(C)C)[C@@H]3C2)cc1OCCCN. The van der Waals surface area contributed by atoms with Gasteiger partial charge in [-0.25, -0.2) is 0 Å². The maximum absolute atomic E-state index is 12.8. The number of nitrogens with zero attached hydrogens (tertiary/aromatic N) is 2. The molecular formula is C19H29N3O2. The molecule has 132 valence electrons. The standard InChI is InChI=1S/C19H29N3O2/c1-13-5-6-14(9-18(13)24-8-4-7-20)19(23)22-11-16-15(10-21(2)3)17(16)12-22/h5-6,9,15-17H,4,7-8,10-12,20H2,1-3H3/t15?,16-,17+. The van der Waals surface area contributed by atoms with Crippen LogP contribution in [0.3, 0.4) is 0 Å². The van der Waals surface area contributed by atoms with Gasteiger partial charge in [-0.3, -0.25) is 4.79 Å². The summed E-state index contributed by atoms with van der Waals surface area (Å²) in [5.74, 6) is 3.10. The average Bonchev–Trinajstić information content (AvgIpc) is 2.98. The van der Waals surface area contributed by atoms with Gasteiger partial charge >= 0.3 is 0 Å². The number of aryl methyl sites for hydroxylation is 1. The Morgan fingerprint density at radius 1 is 1.33 bits per heavy atom. The molecule has 3 atom stereocenters. The lowest BCUT2D eigenvalue weighted by atomic mass is 10.1. The molecule has 1 amide bonds. The summed E-state index contributed by atoms with van der Waals surface area (Å²) in [5, 5.41) is 0. The summed E-state index contributed by atoms with van der Waals surface area (Å²) in [6, 6.07) is 5.76. The zero-order chi connectivity index (χ0) is 17.3. The normalized spacial score (nSPS) is 25.0. The van der Waals surface area contributed by atoms with Gasteiger partial charge in [0.1, 0.15) is 5.75 Å². The highest BCUT2D eigenvalue weighted by Crippen LogP contribution is 2.52. The molecule has 1 aromatic carbocycles. The van der Waals surface area contributed by atoms with E-state index in [0.717, 1.165) is 48.8 Å². The van der Waals surface area contributed by atoms with Gasteiger partial charge in [0, 0.05) is 25.2 Å². The van der Waals surface area contributed by atoms with Crippen LogP contribution in [0.2, 0.25) is 0 Å². The highest BCUT2D eigenvalue weighted by Gasteiger charge is 2.56. The Morgan fingerprint density at radius 3 is 2.67 bits per heavy atom. The van der Waals surface area contributed by atoms with Crippen molar-refractivity contribution >= 4 is 5.91 Å². The molecule has 2 fully saturated rings. The molecule has 3 rings (SSSR count). The number of nitrogens with two attached hydrogens (primary N) is 1. The summed E-state index contributed by atoms with van der Waals surface area (Å²) < 4.78 is 5.77. The first kappa shape index (κ1) is 17.2. The van der Waals surface area contributed by atoms with Gasteiger partial charge in [-0.1, -0.05) is 6.07 Å². The smallest absolute Gasteiger partial charge is 0.254 e. The van der Waals surface area contributed by atoms with Gasteiger partial charge in [-0.2, -0.15) is 0 Å². The molecule has 0 bridgehead atoms. The van der Waals surface area contributed by atoms with E-state index >= 15 is 0 Å². The number of piperidine rings is 1. The second kappa shape index (κ2) is 7.11. The first-order valence-corrected chi connectivity index (χ1v) is 8.88. The Kier molecular flexibility index (Phi) is 5.11. The van der Waals surface area contributed by atoms with Crippen LogP contribution in [0, 0.1) is 24.7 Å². The summed E-state index contributed by atoms with van der Waals surface area (Å²) >= 11 is 0. The van der Waals surface area contributed by atoms with Crippen LogP contribution < -0.4 is 10.5 Å². The first-order valence-electron chi connectivity index (χ1n) is 8.88. The Bertz CT molecular complexity index is 590. The van der Waals surface area contributed by atoms with Gasteiger partial charge in [0.25, 0.3) is 5.91 Å². The fourth-order valence-electron chi connectivity index (χ4n) is 3.84. The molecule has 2 N–H and O–H groups in total. The quantitative estimate of drug-likeness (QED) is 0.771.